The van der Waals surface area contributed by atoms with Gasteiger partial charge in [-0.05, 0) is 29.8 Å². The van der Waals surface area contributed by atoms with Crippen molar-refractivity contribution in [3.8, 4) is 0 Å². The minimum absolute atomic E-state index is 0.0103. The van der Waals surface area contributed by atoms with Gasteiger partial charge in [-0.1, -0.05) is 47.1 Å². The van der Waals surface area contributed by atoms with E-state index < -0.39 is 0 Å². The number of hydrogen-bond donors (Lipinski definition) is 1. The van der Waals surface area contributed by atoms with E-state index in [4.69, 9.17) is 16.1 Å². The van der Waals surface area contributed by atoms with Crippen molar-refractivity contribution >= 4 is 28.4 Å². The lowest BCUT2D eigenvalue weighted by Gasteiger charge is -2.16. The molecule has 0 radical (unpaired) electrons. The summed E-state index contributed by atoms with van der Waals surface area (Å²) in [7, 11) is 0. The van der Waals surface area contributed by atoms with Crippen molar-refractivity contribution in [2.75, 3.05) is 13.1 Å². The zero-order valence-electron chi connectivity index (χ0n) is 14.9. The van der Waals surface area contributed by atoms with Crippen LogP contribution < -0.4 is 0 Å². The van der Waals surface area contributed by atoms with Gasteiger partial charge in [0.1, 0.15) is 5.69 Å². The number of likely N-dealkylation sites (tertiary alicyclic amines) is 1. The smallest absolute Gasteiger partial charge is 0.270 e. The summed E-state index contributed by atoms with van der Waals surface area (Å²) >= 11 is 6.07. The molecule has 2 aromatic carbocycles. The van der Waals surface area contributed by atoms with Crippen molar-refractivity contribution in [3.05, 3.63) is 83.1 Å². The molecule has 0 saturated carbocycles. The third-order valence-electron chi connectivity index (χ3n) is 5.36. The van der Waals surface area contributed by atoms with Crippen molar-refractivity contribution in [1.29, 1.82) is 0 Å². The Bertz CT molecular complexity index is 1120. The number of aromatic amines is 1. The van der Waals surface area contributed by atoms with Crippen LogP contribution in [0.25, 0.3) is 10.9 Å². The molecule has 1 amide bonds. The van der Waals surface area contributed by atoms with Gasteiger partial charge in [-0.2, -0.15) is 4.98 Å². The molecule has 0 aliphatic carbocycles. The summed E-state index contributed by atoms with van der Waals surface area (Å²) in [5.41, 5.74) is 2.61. The third-order valence-corrected chi connectivity index (χ3v) is 5.59. The first kappa shape index (κ1) is 17.0. The fraction of sp³-hybridized carbons (Fsp3) is 0.190. The predicted octanol–water partition coefficient (Wildman–Crippen LogP) is 4.23. The molecule has 0 spiro atoms. The normalized spacial score (nSPS) is 19.4. The zero-order chi connectivity index (χ0) is 19.1. The van der Waals surface area contributed by atoms with E-state index in [0.29, 0.717) is 29.6 Å². The van der Waals surface area contributed by atoms with Crippen LogP contribution in [0.3, 0.4) is 0 Å². The first-order valence-electron chi connectivity index (χ1n) is 9.08. The summed E-state index contributed by atoms with van der Waals surface area (Å²) in [4.78, 5) is 22.5. The molecule has 5 rings (SSSR count). The van der Waals surface area contributed by atoms with Gasteiger partial charge in [0.2, 0.25) is 6.39 Å². The van der Waals surface area contributed by atoms with Gasteiger partial charge in [0, 0.05) is 40.9 Å². The van der Waals surface area contributed by atoms with E-state index in [9.17, 15) is 4.79 Å². The lowest BCUT2D eigenvalue weighted by molar-refractivity contribution is 0.0784. The van der Waals surface area contributed by atoms with Gasteiger partial charge in [0.15, 0.2) is 5.82 Å². The topological polar surface area (TPSA) is 75.0 Å². The average Bonchev–Trinajstić information content (AvgIpc) is 3.46. The van der Waals surface area contributed by atoms with Crippen LogP contribution in [0.4, 0.5) is 0 Å². The molecule has 0 bridgehead atoms. The highest BCUT2D eigenvalue weighted by atomic mass is 35.5. The van der Waals surface area contributed by atoms with Crippen LogP contribution in [-0.4, -0.2) is 39.0 Å². The number of rotatable bonds is 3. The van der Waals surface area contributed by atoms with Crippen LogP contribution in [0, 0.1) is 0 Å². The third kappa shape index (κ3) is 2.96. The van der Waals surface area contributed by atoms with Crippen molar-refractivity contribution in [3.63, 3.8) is 0 Å². The summed E-state index contributed by atoms with van der Waals surface area (Å²) in [6.45, 7) is 1.13. The van der Waals surface area contributed by atoms with E-state index in [1.165, 1.54) is 6.39 Å². The molecule has 1 aliphatic rings. The first-order chi connectivity index (χ1) is 13.7. The minimum Gasteiger partial charge on any atom is -0.351 e. The minimum atomic E-state index is -0.0424. The maximum absolute atomic E-state index is 13.2. The molecule has 140 valence electrons. The van der Waals surface area contributed by atoms with E-state index >= 15 is 0 Å². The number of halogens is 1. The molecule has 2 aromatic heterocycles. The summed E-state index contributed by atoms with van der Waals surface area (Å²) in [6, 6.07) is 17.6. The number of benzene rings is 2. The summed E-state index contributed by atoms with van der Waals surface area (Å²) in [5, 5.41) is 5.61. The van der Waals surface area contributed by atoms with Crippen LogP contribution in [0.2, 0.25) is 5.02 Å². The van der Waals surface area contributed by atoms with Crippen molar-refractivity contribution in [2.45, 2.75) is 11.8 Å². The number of carbonyl (C=O) groups is 1. The van der Waals surface area contributed by atoms with Gasteiger partial charge in [-0.3, -0.25) is 4.79 Å². The molecule has 28 heavy (non-hydrogen) atoms. The van der Waals surface area contributed by atoms with Crippen molar-refractivity contribution < 1.29 is 9.32 Å². The largest absolute Gasteiger partial charge is 0.351 e. The number of hydrogen-bond acceptors (Lipinski definition) is 4. The van der Waals surface area contributed by atoms with Crippen LogP contribution in [0.5, 0.6) is 0 Å². The standard InChI is InChI=1S/C21H17ClN4O2/c22-15-6-7-18-14(8-15)9-19(24-18)21(27)26-10-16(13-4-2-1-3-5-13)17(11-26)20-23-12-28-25-20/h1-9,12,16-17,24H,10-11H2. The number of nitrogens with one attached hydrogen (secondary N) is 1. The Morgan fingerprint density at radius 3 is 2.71 bits per heavy atom. The number of fused-ring (bicyclic) bond motifs is 1. The maximum atomic E-state index is 13.2. The highest BCUT2D eigenvalue weighted by Gasteiger charge is 2.39. The monoisotopic (exact) mass is 392 g/mol. The molecule has 1 saturated heterocycles. The molecule has 3 heterocycles. The molecule has 1 aliphatic heterocycles. The molecule has 1 N–H and O–H groups in total. The van der Waals surface area contributed by atoms with Gasteiger partial charge in [-0.25, -0.2) is 0 Å². The van der Waals surface area contributed by atoms with Crippen LogP contribution in [0.1, 0.15) is 33.7 Å². The van der Waals surface area contributed by atoms with E-state index in [1.807, 2.05) is 47.4 Å². The summed E-state index contributed by atoms with van der Waals surface area (Å²) in [6.07, 6.45) is 1.34. The quantitative estimate of drug-likeness (QED) is 0.566. The second-order valence-corrected chi connectivity index (χ2v) is 7.47. The van der Waals surface area contributed by atoms with Crippen molar-refractivity contribution in [2.24, 2.45) is 0 Å². The molecular formula is C21H17ClN4O2. The van der Waals surface area contributed by atoms with E-state index in [0.717, 1.165) is 16.5 Å². The highest BCUT2D eigenvalue weighted by Crippen LogP contribution is 2.39. The fourth-order valence-corrected chi connectivity index (χ4v) is 4.18. The van der Waals surface area contributed by atoms with Gasteiger partial charge in [0.25, 0.3) is 5.91 Å². The lowest BCUT2D eigenvalue weighted by atomic mass is 9.88. The van der Waals surface area contributed by atoms with Gasteiger partial charge in [0.05, 0.1) is 0 Å². The molecule has 2 atom stereocenters. The van der Waals surface area contributed by atoms with Crippen LogP contribution >= 0.6 is 11.6 Å². The molecule has 7 heteroatoms. The Labute approximate surface area is 166 Å². The number of H-pyrrole nitrogens is 1. The lowest BCUT2D eigenvalue weighted by Crippen LogP contribution is -2.29. The number of nitrogens with zero attached hydrogens (tertiary/aromatic N) is 3. The zero-order valence-corrected chi connectivity index (χ0v) is 15.6. The predicted molar refractivity (Wildman–Crippen MR) is 105 cm³/mol. The molecule has 6 nitrogen and oxygen atoms in total. The Kier molecular flexibility index (Phi) is 4.13. The van der Waals surface area contributed by atoms with E-state index in [2.05, 4.69) is 27.3 Å². The molecular weight excluding hydrogens is 376 g/mol. The van der Waals surface area contributed by atoms with E-state index in [1.54, 1.807) is 0 Å². The SMILES string of the molecule is O=C(c1cc2cc(Cl)ccc2[nH]1)N1CC(c2ccccc2)C(c2ncon2)C1. The fourth-order valence-electron chi connectivity index (χ4n) is 4.00. The summed E-state index contributed by atoms with van der Waals surface area (Å²) in [5.74, 6) is 0.692. The molecule has 2 unspecified atom stereocenters. The van der Waals surface area contributed by atoms with E-state index in [-0.39, 0.29) is 17.7 Å². The first-order valence-corrected chi connectivity index (χ1v) is 9.45. The summed E-state index contributed by atoms with van der Waals surface area (Å²) < 4.78 is 4.96. The number of aromatic nitrogens is 3. The molecule has 4 aromatic rings. The van der Waals surface area contributed by atoms with Crippen LogP contribution in [-0.2, 0) is 0 Å². The second kappa shape index (κ2) is 6.80. The van der Waals surface area contributed by atoms with Crippen molar-refractivity contribution in [1.82, 2.24) is 20.0 Å². The van der Waals surface area contributed by atoms with Gasteiger partial charge < -0.3 is 14.4 Å². The number of amides is 1. The van der Waals surface area contributed by atoms with Gasteiger partial charge in [-0.15, -0.1) is 0 Å². The highest BCUT2D eigenvalue weighted by molar-refractivity contribution is 6.31. The average molecular weight is 393 g/mol. The Balaban J connectivity index is 1.47. The molecule has 1 fully saturated rings. The Morgan fingerprint density at radius 1 is 1.11 bits per heavy atom. The van der Waals surface area contributed by atoms with Gasteiger partial charge >= 0.3 is 0 Å². The second-order valence-electron chi connectivity index (χ2n) is 7.04. The number of carbonyl (C=O) groups excluding carboxylic acids is 1. The van der Waals surface area contributed by atoms with Crippen LogP contribution in [0.15, 0.2) is 65.5 Å². The maximum Gasteiger partial charge on any atom is 0.270 e. The Morgan fingerprint density at radius 2 is 1.93 bits per heavy atom. The Hall–Kier alpha value is -3.12.